The van der Waals surface area contributed by atoms with Crippen molar-refractivity contribution in [2.75, 3.05) is 12.0 Å². The topological polar surface area (TPSA) is 95.9 Å². The maximum Gasteiger partial charge on any atom is 0.336 e. The second kappa shape index (κ2) is 7.98. The van der Waals surface area contributed by atoms with Crippen LogP contribution in [0.25, 0.3) is 6.08 Å². The predicted molar refractivity (Wildman–Crippen MR) is 113 cm³/mol. The van der Waals surface area contributed by atoms with E-state index in [1.807, 2.05) is 22.6 Å². The molecule has 2 N–H and O–H groups in total. The Morgan fingerprint density at radius 1 is 1.21 bits per heavy atom. The van der Waals surface area contributed by atoms with Gasteiger partial charge in [-0.1, -0.05) is 29.3 Å². The second-order valence-electron chi connectivity index (χ2n) is 5.58. The first-order valence-corrected chi connectivity index (χ1v) is 9.50. The van der Waals surface area contributed by atoms with Crippen molar-refractivity contribution in [3.63, 3.8) is 0 Å². The normalized spacial score (nSPS) is 15.8. The molecule has 2 aromatic carbocycles. The molecule has 7 nitrogen and oxygen atoms in total. The summed E-state index contributed by atoms with van der Waals surface area (Å²) in [7, 11) is 1.38. The molecule has 4 amide bonds. The first-order valence-electron chi connectivity index (χ1n) is 7.66. The van der Waals surface area contributed by atoms with Gasteiger partial charge in [0.1, 0.15) is 5.57 Å². The molecule has 0 radical (unpaired) electrons. The molecule has 10 heteroatoms. The third-order valence-corrected chi connectivity index (χ3v) is 5.49. The number of hydrogen-bond acceptors (Lipinski definition) is 5. The summed E-state index contributed by atoms with van der Waals surface area (Å²) in [4.78, 5) is 38.2. The van der Waals surface area contributed by atoms with Crippen LogP contribution in [0.3, 0.4) is 0 Å². The number of amides is 4. The Balaban J connectivity index is 2.09. The van der Waals surface area contributed by atoms with Gasteiger partial charge in [-0.2, -0.15) is 0 Å². The molecule has 1 aliphatic heterocycles. The molecule has 1 aliphatic rings. The smallest absolute Gasteiger partial charge is 0.336 e. The van der Waals surface area contributed by atoms with Crippen LogP contribution in [0.5, 0.6) is 11.5 Å². The van der Waals surface area contributed by atoms with Crippen LogP contribution >= 0.6 is 45.8 Å². The molecule has 1 saturated heterocycles. The van der Waals surface area contributed by atoms with Gasteiger partial charge in [0.05, 0.1) is 26.4 Å². The zero-order chi connectivity index (χ0) is 20.6. The summed E-state index contributed by atoms with van der Waals surface area (Å²) in [5, 5.41) is 12.2. The lowest BCUT2D eigenvalue weighted by Crippen LogP contribution is -2.54. The summed E-state index contributed by atoms with van der Waals surface area (Å²) in [6.07, 6.45) is 1.29. The number of phenols is 1. The van der Waals surface area contributed by atoms with E-state index in [0.717, 1.165) is 4.90 Å². The third-order valence-electron chi connectivity index (χ3n) is 3.86. The van der Waals surface area contributed by atoms with Crippen LogP contribution in [0.2, 0.25) is 10.0 Å². The largest absolute Gasteiger partial charge is 0.504 e. The number of benzene rings is 2. The van der Waals surface area contributed by atoms with E-state index in [9.17, 15) is 19.5 Å². The zero-order valence-corrected chi connectivity index (χ0v) is 17.8. The molecule has 0 aliphatic carbocycles. The maximum atomic E-state index is 12.9. The first kappa shape index (κ1) is 20.4. The molecule has 0 atom stereocenters. The molecule has 0 saturated carbocycles. The van der Waals surface area contributed by atoms with E-state index in [0.29, 0.717) is 9.13 Å². The highest BCUT2D eigenvalue weighted by Crippen LogP contribution is 2.35. The van der Waals surface area contributed by atoms with Crippen LogP contribution < -0.4 is 15.0 Å². The molecular weight excluding hydrogens is 522 g/mol. The zero-order valence-electron chi connectivity index (χ0n) is 14.1. The van der Waals surface area contributed by atoms with Gasteiger partial charge in [-0.3, -0.25) is 14.9 Å². The lowest BCUT2D eigenvalue weighted by Gasteiger charge is -2.27. The number of carbonyl (C=O) groups is 3. The van der Waals surface area contributed by atoms with E-state index in [1.165, 1.54) is 37.5 Å². The Labute approximate surface area is 183 Å². The van der Waals surface area contributed by atoms with Crippen molar-refractivity contribution >= 4 is 75.4 Å². The van der Waals surface area contributed by atoms with Crippen LogP contribution in [0.4, 0.5) is 10.5 Å². The summed E-state index contributed by atoms with van der Waals surface area (Å²) < 4.78 is 5.54. The molecule has 3 rings (SSSR count). The number of methoxy groups -OCH3 is 1. The van der Waals surface area contributed by atoms with E-state index in [4.69, 9.17) is 27.9 Å². The predicted octanol–water partition coefficient (Wildman–Crippen LogP) is 3.98. The fraction of sp³-hybridized carbons (Fsp3) is 0.0556. The van der Waals surface area contributed by atoms with Crippen LogP contribution in [0, 0.1) is 3.57 Å². The molecule has 144 valence electrons. The molecule has 0 unspecified atom stereocenters. The van der Waals surface area contributed by atoms with Crippen molar-refractivity contribution in [3.8, 4) is 11.5 Å². The minimum absolute atomic E-state index is 0.00205. The van der Waals surface area contributed by atoms with Gasteiger partial charge in [-0.05, 0) is 58.5 Å². The van der Waals surface area contributed by atoms with Gasteiger partial charge in [0.15, 0.2) is 11.5 Å². The number of barbiturate groups is 1. The van der Waals surface area contributed by atoms with Gasteiger partial charge in [0.25, 0.3) is 11.8 Å². The number of phenolic OH excluding ortho intramolecular Hbond substituents is 1. The molecule has 28 heavy (non-hydrogen) atoms. The number of anilines is 1. The van der Waals surface area contributed by atoms with Gasteiger partial charge in [0.2, 0.25) is 0 Å². The summed E-state index contributed by atoms with van der Waals surface area (Å²) >= 11 is 14.0. The summed E-state index contributed by atoms with van der Waals surface area (Å²) in [6.45, 7) is 0. The summed E-state index contributed by atoms with van der Waals surface area (Å²) in [5.74, 6) is -1.60. The molecule has 2 aromatic rings. The number of hydrogen-bond donors (Lipinski definition) is 2. The van der Waals surface area contributed by atoms with E-state index in [2.05, 4.69) is 5.32 Å². The van der Waals surface area contributed by atoms with Gasteiger partial charge < -0.3 is 9.84 Å². The number of aromatic hydroxyl groups is 1. The van der Waals surface area contributed by atoms with Crippen molar-refractivity contribution in [2.45, 2.75) is 0 Å². The number of ether oxygens (including phenoxy) is 1. The minimum atomic E-state index is -0.936. The van der Waals surface area contributed by atoms with Crippen LogP contribution in [-0.2, 0) is 9.59 Å². The van der Waals surface area contributed by atoms with Crippen molar-refractivity contribution < 1.29 is 24.2 Å². The van der Waals surface area contributed by atoms with Crippen molar-refractivity contribution in [1.29, 1.82) is 0 Å². The number of rotatable bonds is 3. The van der Waals surface area contributed by atoms with Gasteiger partial charge in [-0.25, -0.2) is 9.69 Å². The molecule has 1 fully saturated rings. The van der Waals surface area contributed by atoms with Crippen molar-refractivity contribution in [2.24, 2.45) is 0 Å². The van der Waals surface area contributed by atoms with E-state index in [-0.39, 0.29) is 32.8 Å². The average molecular weight is 533 g/mol. The van der Waals surface area contributed by atoms with Crippen LogP contribution in [0.15, 0.2) is 35.9 Å². The second-order valence-corrected chi connectivity index (χ2v) is 7.53. The number of carbonyl (C=O) groups excluding carboxylic acids is 3. The highest BCUT2D eigenvalue weighted by Gasteiger charge is 2.38. The van der Waals surface area contributed by atoms with Gasteiger partial charge >= 0.3 is 6.03 Å². The molecule has 0 bridgehead atoms. The third kappa shape index (κ3) is 3.67. The van der Waals surface area contributed by atoms with Crippen LogP contribution in [-0.4, -0.2) is 30.1 Å². The fourth-order valence-corrected chi connectivity index (χ4v) is 3.55. The summed E-state index contributed by atoms with van der Waals surface area (Å²) in [6, 6.07) is 6.54. The van der Waals surface area contributed by atoms with Crippen molar-refractivity contribution in [3.05, 3.63) is 55.1 Å². The molecule has 1 heterocycles. The molecule has 0 aromatic heterocycles. The molecule has 0 spiro atoms. The fourth-order valence-electron chi connectivity index (χ4n) is 2.54. The minimum Gasteiger partial charge on any atom is -0.504 e. The Morgan fingerprint density at radius 3 is 2.61 bits per heavy atom. The van der Waals surface area contributed by atoms with E-state index >= 15 is 0 Å². The summed E-state index contributed by atoms with van der Waals surface area (Å²) in [5.41, 5.74) is 0.177. The first-order chi connectivity index (χ1) is 13.2. The van der Waals surface area contributed by atoms with Gasteiger partial charge in [0, 0.05) is 0 Å². The number of nitrogens with zero attached hydrogens (tertiary/aromatic N) is 1. The number of imide groups is 2. The standard InChI is InChI=1S/C18H11Cl2IN2O5/c1-28-13-7-8(6-11(21)15(13)24)5-9-16(25)22-18(27)23(17(9)26)12-4-2-3-10(19)14(12)20/h2-7,24H,1H3,(H,22,25,27)/b9-5+. The number of halogens is 3. The average Bonchev–Trinajstić information content (AvgIpc) is 2.64. The Hall–Kier alpha value is -2.30. The Bertz CT molecular complexity index is 1050. The number of urea groups is 1. The quantitative estimate of drug-likeness (QED) is 0.354. The van der Waals surface area contributed by atoms with Crippen molar-refractivity contribution in [1.82, 2.24) is 5.32 Å². The SMILES string of the molecule is COc1cc(/C=C2\C(=O)NC(=O)N(c3cccc(Cl)c3Cl)C2=O)cc(I)c1O. The van der Waals surface area contributed by atoms with Gasteiger partial charge in [-0.15, -0.1) is 0 Å². The Morgan fingerprint density at radius 2 is 1.93 bits per heavy atom. The lowest BCUT2D eigenvalue weighted by atomic mass is 10.1. The molecular formula is C18H11Cl2IN2O5. The monoisotopic (exact) mass is 532 g/mol. The number of nitrogens with one attached hydrogen (secondary N) is 1. The van der Waals surface area contributed by atoms with E-state index < -0.39 is 17.8 Å². The highest BCUT2D eigenvalue weighted by atomic mass is 127. The maximum absolute atomic E-state index is 12.9. The van der Waals surface area contributed by atoms with E-state index in [1.54, 1.807) is 6.07 Å². The highest BCUT2D eigenvalue weighted by molar-refractivity contribution is 14.1. The van der Waals surface area contributed by atoms with Crippen LogP contribution in [0.1, 0.15) is 5.56 Å². The lowest BCUT2D eigenvalue weighted by molar-refractivity contribution is -0.122. The Kier molecular flexibility index (Phi) is 5.82.